The largest absolute Gasteiger partial charge is 0.491 e. The summed E-state index contributed by atoms with van der Waals surface area (Å²) in [5.74, 6) is -60.1. The molecule has 0 fully saturated rings. The van der Waals surface area contributed by atoms with Gasteiger partial charge in [0.15, 0.2) is 14.4 Å². The summed E-state index contributed by atoms with van der Waals surface area (Å²) in [6, 6.07) is 5.92. The van der Waals surface area contributed by atoms with Crippen LogP contribution in [0.15, 0.2) is 66.8 Å². The van der Waals surface area contributed by atoms with E-state index < -0.39 is 134 Å². The highest BCUT2D eigenvalue weighted by Gasteiger charge is 2.95. The Labute approximate surface area is 382 Å². The fourth-order valence-corrected chi connectivity index (χ4v) is 11.1. The Balaban J connectivity index is 2.37. The molecule has 392 valence electrons. The third kappa shape index (κ3) is 12.4. The number of hydrogen-bond donors (Lipinski definition) is 1. The van der Waals surface area contributed by atoms with Crippen molar-refractivity contribution in [2.75, 3.05) is 32.2 Å². The number of carbonyl (C=O) groups excluding carboxylic acids is 2. The highest BCUT2D eigenvalue weighted by molar-refractivity contribution is 6.76. The Hall–Kier alpha value is -4.73. The molecule has 0 aliphatic heterocycles. The standard InChI is InChI=1S/C41H44F19NO7Si/c1-8-16-66-30(62)20-24(6)31(64-7)32(68-33(63)61-29-14-11-26(42)21-28(29)43)25-9-12-27(13-10-25)65-17-18-67-69(22(2)3,23(4)5)19-15-34(44,45)35(46,47)36(48,49)37(50,51)38(52,53)39(54,55)40(56,57)41(58,59)60/h8-14,20-23,31-32H,1,15-19H2,2-7H3,(H,61,63)/b24-20+/t31-,32-/m0/s1. The average Bonchev–Trinajstić information content (AvgIpc) is 3.22. The number of benzene rings is 2. The van der Waals surface area contributed by atoms with Gasteiger partial charge in [0.2, 0.25) is 0 Å². The van der Waals surface area contributed by atoms with Crippen molar-refractivity contribution in [3.05, 3.63) is 84.0 Å². The van der Waals surface area contributed by atoms with Crippen molar-refractivity contribution >= 4 is 26.1 Å². The van der Waals surface area contributed by atoms with Crippen LogP contribution in [-0.2, 0) is 23.4 Å². The van der Waals surface area contributed by atoms with Crippen LogP contribution in [0.1, 0.15) is 52.7 Å². The van der Waals surface area contributed by atoms with Gasteiger partial charge in [0.05, 0.1) is 12.3 Å². The van der Waals surface area contributed by atoms with E-state index >= 15 is 8.78 Å². The van der Waals surface area contributed by atoms with Crippen molar-refractivity contribution in [1.29, 1.82) is 0 Å². The maximum absolute atomic E-state index is 15.0. The van der Waals surface area contributed by atoms with Crippen LogP contribution in [0.3, 0.4) is 0 Å². The first-order valence-corrected chi connectivity index (χ1v) is 22.0. The number of amides is 1. The van der Waals surface area contributed by atoms with E-state index in [0.29, 0.717) is 6.07 Å². The second kappa shape index (κ2) is 22.1. The number of carbonyl (C=O) groups is 2. The fraction of sp³-hybridized carbons (Fsp3) is 0.561. The van der Waals surface area contributed by atoms with Crippen LogP contribution < -0.4 is 10.1 Å². The van der Waals surface area contributed by atoms with Crippen molar-refractivity contribution in [2.45, 2.75) is 118 Å². The number of nitrogens with one attached hydrogen (secondary N) is 1. The molecule has 2 aromatic carbocycles. The molecule has 0 aliphatic rings. The predicted octanol–water partition coefficient (Wildman–Crippen LogP) is 13.5. The second-order valence-electron chi connectivity index (χ2n) is 15.7. The van der Waals surface area contributed by atoms with Crippen molar-refractivity contribution in [1.82, 2.24) is 0 Å². The van der Waals surface area contributed by atoms with Gasteiger partial charge in [-0.25, -0.2) is 18.4 Å². The number of methoxy groups -OCH3 is 1. The number of ether oxygens (including phenoxy) is 4. The lowest BCUT2D eigenvalue weighted by molar-refractivity contribution is -0.461. The van der Waals surface area contributed by atoms with Crippen molar-refractivity contribution in [2.24, 2.45) is 0 Å². The van der Waals surface area contributed by atoms with Crippen LogP contribution in [0.2, 0.25) is 17.1 Å². The van der Waals surface area contributed by atoms with E-state index in [1.165, 1.54) is 72.1 Å². The van der Waals surface area contributed by atoms with E-state index in [9.17, 15) is 84.2 Å². The fourth-order valence-electron chi connectivity index (χ4n) is 6.65. The van der Waals surface area contributed by atoms with Gasteiger partial charge in [-0.3, -0.25) is 5.32 Å². The molecule has 0 bridgehead atoms. The first-order chi connectivity index (χ1) is 31.3. The molecule has 0 radical (unpaired) electrons. The van der Waals surface area contributed by atoms with Gasteiger partial charge in [0.25, 0.3) is 0 Å². The lowest BCUT2D eigenvalue weighted by atomic mass is 9.88. The number of esters is 1. The van der Waals surface area contributed by atoms with Crippen molar-refractivity contribution in [3.63, 3.8) is 0 Å². The lowest BCUT2D eigenvalue weighted by Gasteiger charge is -2.44. The van der Waals surface area contributed by atoms with E-state index in [0.717, 1.165) is 18.2 Å². The molecule has 0 aromatic heterocycles. The summed E-state index contributed by atoms with van der Waals surface area (Å²) in [6.45, 7) is 8.61. The number of anilines is 1. The third-order valence-electron chi connectivity index (χ3n) is 10.6. The van der Waals surface area contributed by atoms with Gasteiger partial charge in [-0.05, 0) is 59.5 Å². The minimum Gasteiger partial charge on any atom is -0.491 e. The highest BCUT2D eigenvalue weighted by Crippen LogP contribution is 2.64. The lowest BCUT2D eigenvalue weighted by Crippen LogP contribution is -2.74. The number of alkyl halides is 17. The molecule has 0 spiro atoms. The Morgan fingerprint density at radius 2 is 1.23 bits per heavy atom. The van der Waals surface area contributed by atoms with Gasteiger partial charge < -0.3 is 23.4 Å². The molecule has 2 rings (SSSR count). The van der Waals surface area contributed by atoms with E-state index in [1.807, 2.05) is 0 Å². The van der Waals surface area contributed by atoms with Gasteiger partial charge in [0.1, 0.15) is 36.7 Å². The Morgan fingerprint density at radius 1 is 0.725 bits per heavy atom. The summed E-state index contributed by atoms with van der Waals surface area (Å²) in [7, 11) is -2.92. The maximum Gasteiger partial charge on any atom is 0.460 e. The van der Waals surface area contributed by atoms with Gasteiger partial charge in [-0.15, -0.1) is 0 Å². The van der Waals surface area contributed by atoms with Crippen molar-refractivity contribution in [3.8, 4) is 5.75 Å². The van der Waals surface area contributed by atoms with Crippen LogP contribution in [0.5, 0.6) is 5.75 Å². The number of hydrogen-bond acceptors (Lipinski definition) is 7. The van der Waals surface area contributed by atoms with Crippen LogP contribution >= 0.6 is 0 Å². The van der Waals surface area contributed by atoms with Gasteiger partial charge in [0, 0.05) is 25.7 Å². The molecular formula is C41H44F19NO7Si. The molecule has 0 saturated carbocycles. The zero-order chi connectivity index (χ0) is 53.6. The van der Waals surface area contributed by atoms with E-state index in [1.54, 1.807) is 0 Å². The van der Waals surface area contributed by atoms with E-state index in [-0.39, 0.29) is 23.5 Å². The normalized spacial score (nSPS) is 15.0. The van der Waals surface area contributed by atoms with Gasteiger partial charge in [-0.1, -0.05) is 52.5 Å². The van der Waals surface area contributed by atoms with Crippen LogP contribution in [0.25, 0.3) is 0 Å². The molecule has 8 nitrogen and oxygen atoms in total. The minimum absolute atomic E-state index is 0.0146. The van der Waals surface area contributed by atoms with Gasteiger partial charge in [-0.2, -0.15) is 74.6 Å². The molecular weight excluding hydrogens is 1010 g/mol. The average molecular weight is 1050 g/mol. The Bertz CT molecular complexity index is 2090. The van der Waals surface area contributed by atoms with E-state index in [4.69, 9.17) is 23.4 Å². The zero-order valence-corrected chi connectivity index (χ0v) is 37.8. The summed E-state index contributed by atoms with van der Waals surface area (Å²) in [5, 5.41) is 2.09. The topological polar surface area (TPSA) is 92.3 Å². The van der Waals surface area contributed by atoms with Crippen molar-refractivity contribution < 1.29 is 116 Å². The summed E-state index contributed by atoms with van der Waals surface area (Å²) >= 11 is 0. The minimum atomic E-state index is -8.73. The monoisotopic (exact) mass is 1050 g/mol. The Kier molecular flexibility index (Phi) is 19.4. The maximum atomic E-state index is 15.0. The summed E-state index contributed by atoms with van der Waals surface area (Å²) in [6.07, 6.45) is -12.2. The van der Waals surface area contributed by atoms with Crippen LogP contribution in [-0.4, -0.2) is 101 Å². The van der Waals surface area contributed by atoms with Crippen LogP contribution in [0, 0.1) is 11.6 Å². The molecule has 0 saturated heterocycles. The zero-order valence-electron chi connectivity index (χ0n) is 36.8. The summed E-state index contributed by atoms with van der Waals surface area (Å²) in [4.78, 5) is 25.3. The molecule has 2 atom stereocenters. The molecule has 69 heavy (non-hydrogen) atoms. The molecule has 0 aliphatic carbocycles. The first-order valence-electron chi connectivity index (χ1n) is 19.8. The predicted molar refractivity (Wildman–Crippen MR) is 209 cm³/mol. The smallest absolute Gasteiger partial charge is 0.460 e. The third-order valence-corrected chi connectivity index (χ3v) is 16.3. The van der Waals surface area contributed by atoms with Gasteiger partial charge >= 0.3 is 59.7 Å². The summed E-state index contributed by atoms with van der Waals surface area (Å²) < 4.78 is 291. The molecule has 2 aromatic rings. The second-order valence-corrected chi connectivity index (χ2v) is 20.7. The molecule has 1 N–H and O–H groups in total. The van der Waals surface area contributed by atoms with E-state index in [2.05, 4.69) is 11.9 Å². The quantitative estimate of drug-likeness (QED) is 0.0264. The SMILES string of the molecule is C=CCOC(=O)/C=C(\C)[C@H](OC)[C@@H](OC(=O)Nc1ccc(F)cc1F)c1ccc(OCCO[Si](CCC(F)(F)C(F)(F)C(F)(F)C(F)(F)C(F)(F)C(F)(F)C(F)(F)C(F)(F)F)(C(C)C)C(C)C)cc1. The van der Waals surface area contributed by atoms with Crippen LogP contribution in [0.4, 0.5) is 93.9 Å². The molecule has 28 heteroatoms. The number of rotatable bonds is 25. The number of halogens is 19. The molecule has 0 unspecified atom stereocenters. The Morgan fingerprint density at radius 3 is 1.70 bits per heavy atom. The summed E-state index contributed by atoms with van der Waals surface area (Å²) in [5.41, 5.74) is -2.13. The molecule has 1 amide bonds. The first kappa shape index (κ1) is 60.4. The molecule has 0 heterocycles. The highest BCUT2D eigenvalue weighted by atomic mass is 28.4.